The van der Waals surface area contributed by atoms with Crippen LogP contribution in [0.2, 0.25) is 10.0 Å². The summed E-state index contributed by atoms with van der Waals surface area (Å²) in [6.07, 6.45) is 0. The summed E-state index contributed by atoms with van der Waals surface area (Å²) in [5, 5.41) is 1.07. The molecule has 8 heteroatoms. The van der Waals surface area contributed by atoms with Crippen molar-refractivity contribution < 1.29 is 19.1 Å². The molecule has 154 valence electrons. The number of ether oxygens (including phenoxy) is 2. The summed E-state index contributed by atoms with van der Waals surface area (Å²) in [6.45, 7) is 1.99. The molecule has 29 heavy (non-hydrogen) atoms. The van der Waals surface area contributed by atoms with Crippen LogP contribution in [0.5, 0.6) is 5.75 Å². The average Bonchev–Trinajstić information content (AvgIpc) is 2.75. The lowest BCUT2D eigenvalue weighted by Gasteiger charge is -2.38. The molecule has 0 spiro atoms. The van der Waals surface area contributed by atoms with Gasteiger partial charge in [-0.2, -0.15) is 0 Å². The van der Waals surface area contributed by atoms with Gasteiger partial charge in [0.1, 0.15) is 11.8 Å². The van der Waals surface area contributed by atoms with Crippen molar-refractivity contribution in [1.29, 1.82) is 0 Å². The third kappa shape index (κ3) is 4.83. The molecule has 0 N–H and O–H groups in total. The number of hydrogen-bond acceptors (Lipinski definition) is 5. The second-order valence-electron chi connectivity index (χ2n) is 6.65. The van der Waals surface area contributed by atoms with Crippen LogP contribution in [0.3, 0.4) is 0 Å². The van der Waals surface area contributed by atoms with E-state index in [0.29, 0.717) is 47.5 Å². The van der Waals surface area contributed by atoms with Gasteiger partial charge in [-0.05, 0) is 35.9 Å². The Hall–Kier alpha value is -2.28. The smallest absolute Gasteiger partial charge is 0.327 e. The summed E-state index contributed by atoms with van der Waals surface area (Å²) < 4.78 is 10.3. The van der Waals surface area contributed by atoms with Gasteiger partial charge in [-0.25, -0.2) is 4.79 Å². The number of carbonyl (C=O) groups is 2. The number of nitrogens with zero attached hydrogens (tertiary/aromatic N) is 2. The molecule has 6 nitrogen and oxygen atoms in total. The van der Waals surface area contributed by atoms with E-state index in [1.54, 1.807) is 35.2 Å². The van der Waals surface area contributed by atoms with E-state index in [2.05, 4.69) is 0 Å². The average molecular weight is 437 g/mol. The molecule has 0 bridgehead atoms. The Bertz CT molecular complexity index is 881. The third-order valence-corrected chi connectivity index (χ3v) is 5.46. The summed E-state index contributed by atoms with van der Waals surface area (Å²) in [7, 11) is 2.89. The van der Waals surface area contributed by atoms with Crippen molar-refractivity contribution in [1.82, 2.24) is 9.80 Å². The number of benzene rings is 2. The molecule has 1 heterocycles. The third-order valence-electron chi connectivity index (χ3n) is 4.97. The maximum Gasteiger partial charge on any atom is 0.327 e. The van der Waals surface area contributed by atoms with E-state index in [1.165, 1.54) is 14.2 Å². The SMILES string of the molecule is COC(=O)C(c1ccc(Cl)cc1)N1CCN(C(=O)c2cc(Cl)ccc2OC)CC1. The monoisotopic (exact) mass is 436 g/mol. The van der Waals surface area contributed by atoms with Crippen LogP contribution in [-0.2, 0) is 9.53 Å². The molecule has 3 rings (SSSR count). The Morgan fingerprint density at radius 2 is 1.55 bits per heavy atom. The van der Waals surface area contributed by atoms with Crippen LogP contribution in [0, 0.1) is 0 Å². The number of halogens is 2. The second kappa shape index (κ2) is 9.48. The zero-order valence-corrected chi connectivity index (χ0v) is 17.7. The predicted octanol–water partition coefficient (Wildman–Crippen LogP) is 3.67. The molecule has 1 fully saturated rings. The lowest BCUT2D eigenvalue weighted by atomic mass is 10.0. The van der Waals surface area contributed by atoms with Gasteiger partial charge in [0.05, 0.1) is 19.8 Å². The Morgan fingerprint density at radius 1 is 0.931 bits per heavy atom. The first-order valence-electron chi connectivity index (χ1n) is 9.14. The van der Waals surface area contributed by atoms with E-state index in [0.717, 1.165) is 5.56 Å². The molecule has 1 aliphatic rings. The van der Waals surface area contributed by atoms with Crippen molar-refractivity contribution in [2.24, 2.45) is 0 Å². The van der Waals surface area contributed by atoms with E-state index >= 15 is 0 Å². The quantitative estimate of drug-likeness (QED) is 0.669. The maximum absolute atomic E-state index is 13.0. The van der Waals surface area contributed by atoms with Gasteiger partial charge in [0.2, 0.25) is 0 Å². The molecular weight excluding hydrogens is 415 g/mol. The number of amides is 1. The van der Waals surface area contributed by atoms with Crippen LogP contribution >= 0.6 is 23.2 Å². The summed E-state index contributed by atoms with van der Waals surface area (Å²) in [5.74, 6) is -0.0100. The molecule has 0 saturated carbocycles. The van der Waals surface area contributed by atoms with Crippen molar-refractivity contribution in [2.45, 2.75) is 6.04 Å². The lowest BCUT2D eigenvalue weighted by Crippen LogP contribution is -2.51. The Labute approximate surface area is 179 Å². The van der Waals surface area contributed by atoms with Gasteiger partial charge in [0.25, 0.3) is 5.91 Å². The molecule has 0 radical (unpaired) electrons. The summed E-state index contributed by atoms with van der Waals surface area (Å²) in [6, 6.07) is 11.6. The van der Waals surface area contributed by atoms with Gasteiger partial charge in [-0.3, -0.25) is 9.69 Å². The summed E-state index contributed by atoms with van der Waals surface area (Å²) >= 11 is 12.0. The molecule has 1 unspecified atom stereocenters. The fraction of sp³-hybridized carbons (Fsp3) is 0.333. The highest BCUT2D eigenvalue weighted by Gasteiger charge is 2.33. The maximum atomic E-state index is 13.0. The van der Waals surface area contributed by atoms with Crippen LogP contribution in [-0.4, -0.2) is 62.1 Å². The number of piperazine rings is 1. The molecule has 1 saturated heterocycles. The highest BCUT2D eigenvalue weighted by Crippen LogP contribution is 2.27. The van der Waals surface area contributed by atoms with E-state index in [-0.39, 0.29) is 11.9 Å². The van der Waals surface area contributed by atoms with Crippen LogP contribution in [0.4, 0.5) is 0 Å². The number of methoxy groups -OCH3 is 2. The molecule has 1 aliphatic heterocycles. The molecule has 2 aromatic carbocycles. The van der Waals surface area contributed by atoms with E-state index in [4.69, 9.17) is 32.7 Å². The number of carbonyl (C=O) groups excluding carboxylic acids is 2. The molecule has 1 atom stereocenters. The largest absolute Gasteiger partial charge is 0.496 e. The van der Waals surface area contributed by atoms with Crippen molar-refractivity contribution in [3.63, 3.8) is 0 Å². The zero-order chi connectivity index (χ0) is 21.0. The van der Waals surface area contributed by atoms with Crippen LogP contribution in [0.1, 0.15) is 22.0 Å². The molecule has 2 aromatic rings. The highest BCUT2D eigenvalue weighted by atomic mass is 35.5. The van der Waals surface area contributed by atoms with Gasteiger partial charge >= 0.3 is 5.97 Å². The summed E-state index contributed by atoms with van der Waals surface area (Å²) in [4.78, 5) is 29.2. The van der Waals surface area contributed by atoms with Gasteiger partial charge in [-0.1, -0.05) is 35.3 Å². The van der Waals surface area contributed by atoms with Crippen LogP contribution < -0.4 is 4.74 Å². The van der Waals surface area contributed by atoms with Crippen molar-refractivity contribution in [3.8, 4) is 5.75 Å². The molecule has 0 aromatic heterocycles. The van der Waals surface area contributed by atoms with Gasteiger partial charge < -0.3 is 14.4 Å². The number of rotatable bonds is 5. The van der Waals surface area contributed by atoms with Crippen molar-refractivity contribution in [2.75, 3.05) is 40.4 Å². The van der Waals surface area contributed by atoms with E-state index < -0.39 is 6.04 Å². The van der Waals surface area contributed by atoms with Gasteiger partial charge in [0.15, 0.2) is 0 Å². The van der Waals surface area contributed by atoms with E-state index in [1.807, 2.05) is 17.0 Å². The van der Waals surface area contributed by atoms with Crippen LogP contribution in [0.25, 0.3) is 0 Å². The Balaban J connectivity index is 1.74. The fourth-order valence-electron chi connectivity index (χ4n) is 3.45. The minimum absolute atomic E-state index is 0.148. The van der Waals surface area contributed by atoms with Gasteiger partial charge in [-0.15, -0.1) is 0 Å². The van der Waals surface area contributed by atoms with Gasteiger partial charge in [0, 0.05) is 36.2 Å². The molecular formula is C21H22Cl2N2O4. The zero-order valence-electron chi connectivity index (χ0n) is 16.2. The summed E-state index contributed by atoms with van der Waals surface area (Å²) in [5.41, 5.74) is 1.23. The fourth-order valence-corrected chi connectivity index (χ4v) is 3.75. The van der Waals surface area contributed by atoms with E-state index in [9.17, 15) is 9.59 Å². The van der Waals surface area contributed by atoms with Crippen molar-refractivity contribution >= 4 is 35.1 Å². The standard InChI is InChI=1S/C21H22Cl2N2O4/c1-28-18-8-7-16(23)13-17(18)20(26)25-11-9-24(10-12-25)19(21(27)29-2)14-3-5-15(22)6-4-14/h3-8,13,19H,9-12H2,1-2H3. The molecule has 0 aliphatic carbocycles. The van der Waals surface area contributed by atoms with Crippen LogP contribution in [0.15, 0.2) is 42.5 Å². The minimum Gasteiger partial charge on any atom is -0.496 e. The molecule has 1 amide bonds. The Morgan fingerprint density at radius 3 is 2.14 bits per heavy atom. The second-order valence-corrected chi connectivity index (χ2v) is 7.52. The van der Waals surface area contributed by atoms with Crippen molar-refractivity contribution in [3.05, 3.63) is 63.6 Å². The first-order chi connectivity index (χ1) is 13.9. The highest BCUT2D eigenvalue weighted by molar-refractivity contribution is 6.31. The minimum atomic E-state index is -0.546. The lowest BCUT2D eigenvalue weighted by molar-refractivity contribution is -0.148. The Kier molecular flexibility index (Phi) is 7.00. The first-order valence-corrected chi connectivity index (χ1v) is 9.90. The normalized spacial score (nSPS) is 15.7. The number of esters is 1. The predicted molar refractivity (Wildman–Crippen MR) is 112 cm³/mol. The number of hydrogen-bond donors (Lipinski definition) is 0. The topological polar surface area (TPSA) is 59.1 Å². The first kappa shape index (κ1) is 21.4.